The van der Waals surface area contributed by atoms with Crippen molar-refractivity contribution < 1.29 is 4.79 Å². The molecule has 18 heavy (non-hydrogen) atoms. The number of hydrogen-bond acceptors (Lipinski definition) is 2. The topological polar surface area (TPSA) is 65.5 Å². The van der Waals surface area contributed by atoms with Gasteiger partial charge in [-0.3, -0.25) is 9.79 Å². The van der Waals surface area contributed by atoms with E-state index < -0.39 is 0 Å². The molecule has 1 aliphatic carbocycles. The molecule has 106 valence electrons. The number of carbonyl (C=O) groups excluding carboxylic acids is 1. The van der Waals surface area contributed by atoms with E-state index in [0.717, 1.165) is 11.9 Å². The first-order valence-electron chi connectivity index (χ1n) is 6.29. The number of hydrogen-bond donors (Lipinski definition) is 3. The van der Waals surface area contributed by atoms with E-state index in [9.17, 15) is 4.79 Å². The van der Waals surface area contributed by atoms with Gasteiger partial charge in [-0.25, -0.2) is 0 Å². The molecule has 2 unspecified atom stereocenters. The van der Waals surface area contributed by atoms with Gasteiger partial charge in [-0.1, -0.05) is 20.8 Å². The fourth-order valence-corrected chi connectivity index (χ4v) is 1.46. The van der Waals surface area contributed by atoms with Crippen LogP contribution in [-0.2, 0) is 4.79 Å². The summed E-state index contributed by atoms with van der Waals surface area (Å²) >= 11 is 0. The van der Waals surface area contributed by atoms with Gasteiger partial charge in [-0.2, -0.15) is 0 Å². The quantitative estimate of drug-likeness (QED) is 0.293. The monoisotopic (exact) mass is 368 g/mol. The minimum absolute atomic E-state index is 0. The van der Waals surface area contributed by atoms with Crippen molar-refractivity contribution in [2.24, 2.45) is 16.8 Å². The van der Waals surface area contributed by atoms with Crippen molar-refractivity contribution in [3.63, 3.8) is 0 Å². The third-order valence-corrected chi connectivity index (χ3v) is 2.90. The third-order valence-electron chi connectivity index (χ3n) is 2.90. The summed E-state index contributed by atoms with van der Waals surface area (Å²) in [7, 11) is 1.76. The van der Waals surface area contributed by atoms with Crippen LogP contribution in [0, 0.1) is 11.8 Å². The fraction of sp³-hybridized carbons (Fsp3) is 0.833. The Bertz CT molecular complexity index is 294. The first kappa shape index (κ1) is 17.5. The van der Waals surface area contributed by atoms with E-state index in [1.807, 2.05) is 13.8 Å². The van der Waals surface area contributed by atoms with E-state index >= 15 is 0 Å². The van der Waals surface area contributed by atoms with Gasteiger partial charge in [0.2, 0.25) is 5.91 Å². The molecule has 1 fully saturated rings. The average Bonchev–Trinajstić information content (AvgIpc) is 2.98. The third kappa shape index (κ3) is 6.42. The van der Waals surface area contributed by atoms with Crippen molar-refractivity contribution in [2.45, 2.75) is 33.2 Å². The molecular weight excluding hydrogens is 343 g/mol. The number of nitrogens with zero attached hydrogens (tertiary/aromatic N) is 1. The zero-order valence-corrected chi connectivity index (χ0v) is 13.9. The molecular formula is C12H25IN4O. The standard InChI is InChI=1S/C12H24N4O.HI/c1-8(2)11(17)14-5-6-15-12(13-4)16-10-7-9(10)3;/h8-10H,5-7H2,1-4H3,(H,14,17)(H2,13,15,16);1H. The summed E-state index contributed by atoms with van der Waals surface area (Å²) in [5, 5.41) is 9.36. The summed E-state index contributed by atoms with van der Waals surface area (Å²) in [5.74, 6) is 1.69. The summed E-state index contributed by atoms with van der Waals surface area (Å²) < 4.78 is 0. The normalized spacial score (nSPS) is 22.2. The smallest absolute Gasteiger partial charge is 0.222 e. The number of halogens is 1. The molecule has 1 rings (SSSR count). The van der Waals surface area contributed by atoms with Gasteiger partial charge in [-0.05, 0) is 12.3 Å². The Kier molecular flexibility index (Phi) is 8.30. The molecule has 1 aliphatic rings. The summed E-state index contributed by atoms with van der Waals surface area (Å²) in [5.41, 5.74) is 0. The van der Waals surface area contributed by atoms with Gasteiger partial charge in [0.1, 0.15) is 0 Å². The molecule has 3 N–H and O–H groups in total. The van der Waals surface area contributed by atoms with Gasteiger partial charge >= 0.3 is 0 Å². The van der Waals surface area contributed by atoms with E-state index in [-0.39, 0.29) is 35.8 Å². The van der Waals surface area contributed by atoms with Crippen LogP contribution in [0.4, 0.5) is 0 Å². The lowest BCUT2D eigenvalue weighted by molar-refractivity contribution is -0.123. The second-order valence-corrected chi connectivity index (χ2v) is 4.91. The van der Waals surface area contributed by atoms with Crippen LogP contribution in [0.15, 0.2) is 4.99 Å². The number of carbonyl (C=O) groups is 1. The first-order chi connectivity index (χ1) is 8.04. The lowest BCUT2D eigenvalue weighted by Crippen LogP contribution is -2.43. The highest BCUT2D eigenvalue weighted by atomic mass is 127. The summed E-state index contributed by atoms with van der Waals surface area (Å²) in [4.78, 5) is 15.4. The molecule has 1 amide bonds. The predicted octanol–water partition coefficient (Wildman–Crippen LogP) is 0.950. The molecule has 1 saturated carbocycles. The number of amides is 1. The number of aliphatic imine (C=N–C) groups is 1. The Hall–Kier alpha value is -0.530. The molecule has 0 aromatic heterocycles. The van der Waals surface area contributed by atoms with E-state index in [1.54, 1.807) is 7.05 Å². The van der Waals surface area contributed by atoms with Crippen LogP contribution in [0.1, 0.15) is 27.2 Å². The van der Waals surface area contributed by atoms with E-state index in [0.29, 0.717) is 19.1 Å². The molecule has 0 radical (unpaired) electrons. The molecule has 6 heteroatoms. The minimum atomic E-state index is 0. The number of guanidine groups is 1. The Labute approximate surface area is 127 Å². The van der Waals surface area contributed by atoms with Crippen LogP contribution in [0.2, 0.25) is 0 Å². The molecule has 0 aromatic rings. The van der Waals surface area contributed by atoms with Gasteiger partial charge in [0.15, 0.2) is 5.96 Å². The lowest BCUT2D eigenvalue weighted by Gasteiger charge is -2.12. The van der Waals surface area contributed by atoms with Gasteiger partial charge in [0.05, 0.1) is 0 Å². The maximum absolute atomic E-state index is 11.3. The van der Waals surface area contributed by atoms with Gasteiger partial charge < -0.3 is 16.0 Å². The van der Waals surface area contributed by atoms with E-state index in [4.69, 9.17) is 0 Å². The van der Waals surface area contributed by atoms with Crippen LogP contribution in [0.3, 0.4) is 0 Å². The van der Waals surface area contributed by atoms with Crippen molar-refractivity contribution in [1.82, 2.24) is 16.0 Å². The van der Waals surface area contributed by atoms with E-state index in [1.165, 1.54) is 6.42 Å². The fourth-order valence-electron chi connectivity index (χ4n) is 1.46. The molecule has 0 saturated heterocycles. The molecule has 2 atom stereocenters. The summed E-state index contributed by atoms with van der Waals surface area (Å²) in [6, 6.07) is 0.562. The maximum Gasteiger partial charge on any atom is 0.222 e. The molecule has 0 heterocycles. The Morgan fingerprint density at radius 1 is 1.33 bits per heavy atom. The average molecular weight is 368 g/mol. The largest absolute Gasteiger partial charge is 0.355 e. The highest BCUT2D eigenvalue weighted by molar-refractivity contribution is 14.0. The second-order valence-electron chi connectivity index (χ2n) is 4.91. The van der Waals surface area contributed by atoms with Crippen molar-refractivity contribution in [2.75, 3.05) is 20.1 Å². The molecule has 0 bridgehead atoms. The van der Waals surface area contributed by atoms with Crippen LogP contribution >= 0.6 is 24.0 Å². The van der Waals surface area contributed by atoms with Crippen molar-refractivity contribution in [1.29, 1.82) is 0 Å². The van der Waals surface area contributed by atoms with Crippen LogP contribution in [0.25, 0.3) is 0 Å². The van der Waals surface area contributed by atoms with Gasteiger partial charge in [0.25, 0.3) is 0 Å². The van der Waals surface area contributed by atoms with Gasteiger partial charge in [0, 0.05) is 32.1 Å². The zero-order chi connectivity index (χ0) is 12.8. The Morgan fingerprint density at radius 3 is 2.33 bits per heavy atom. The predicted molar refractivity (Wildman–Crippen MR) is 85.3 cm³/mol. The lowest BCUT2D eigenvalue weighted by atomic mass is 10.2. The summed E-state index contributed by atoms with van der Waals surface area (Å²) in [6.45, 7) is 7.31. The SMILES string of the molecule is CN=C(NCCNC(=O)C(C)C)NC1CC1C.I. The highest BCUT2D eigenvalue weighted by Gasteiger charge is 2.33. The maximum atomic E-state index is 11.3. The second kappa shape index (κ2) is 8.55. The van der Waals surface area contributed by atoms with Crippen LogP contribution < -0.4 is 16.0 Å². The highest BCUT2D eigenvalue weighted by Crippen LogP contribution is 2.28. The first-order valence-corrected chi connectivity index (χ1v) is 6.29. The van der Waals surface area contributed by atoms with Crippen molar-refractivity contribution >= 4 is 35.8 Å². The Balaban J connectivity index is 0.00000289. The zero-order valence-electron chi connectivity index (χ0n) is 11.6. The summed E-state index contributed by atoms with van der Waals surface area (Å²) in [6.07, 6.45) is 1.21. The van der Waals surface area contributed by atoms with E-state index in [2.05, 4.69) is 27.9 Å². The molecule has 5 nitrogen and oxygen atoms in total. The minimum Gasteiger partial charge on any atom is -0.355 e. The number of nitrogens with one attached hydrogen (secondary N) is 3. The van der Waals surface area contributed by atoms with Gasteiger partial charge in [-0.15, -0.1) is 24.0 Å². The Morgan fingerprint density at radius 2 is 1.89 bits per heavy atom. The molecule has 0 aromatic carbocycles. The molecule has 0 spiro atoms. The number of rotatable bonds is 5. The van der Waals surface area contributed by atoms with Crippen molar-refractivity contribution in [3.8, 4) is 0 Å². The molecule has 0 aliphatic heterocycles. The van der Waals surface area contributed by atoms with Crippen LogP contribution in [0.5, 0.6) is 0 Å². The van der Waals surface area contributed by atoms with Crippen LogP contribution in [-0.4, -0.2) is 38.0 Å². The van der Waals surface area contributed by atoms with Crippen molar-refractivity contribution in [3.05, 3.63) is 0 Å².